The molecule has 2 N–H and O–H groups in total. The van der Waals surface area contributed by atoms with Crippen LogP contribution in [-0.2, 0) is 13.2 Å². The highest BCUT2D eigenvalue weighted by atomic mass is 16.5. The van der Waals surface area contributed by atoms with Crippen molar-refractivity contribution in [2.24, 2.45) is 5.92 Å². The molecule has 0 atom stereocenters. The molecule has 0 radical (unpaired) electrons. The molecule has 0 saturated carbocycles. The lowest BCUT2D eigenvalue weighted by Crippen LogP contribution is -2.18. The Morgan fingerprint density at radius 2 is 1.81 bits per heavy atom. The number of hydrogen-bond acceptors (Lipinski definition) is 3. The van der Waals surface area contributed by atoms with E-state index in [1.54, 1.807) is 12.1 Å². The summed E-state index contributed by atoms with van der Waals surface area (Å²) >= 11 is 0. The van der Waals surface area contributed by atoms with Gasteiger partial charge in [-0.05, 0) is 47.9 Å². The molecule has 0 heterocycles. The van der Waals surface area contributed by atoms with Gasteiger partial charge in [-0.15, -0.1) is 0 Å². The van der Waals surface area contributed by atoms with E-state index in [0.29, 0.717) is 12.5 Å². The number of benzene rings is 2. The van der Waals surface area contributed by atoms with Gasteiger partial charge in [-0.3, -0.25) is 0 Å². The molecule has 2 rings (SSSR count). The summed E-state index contributed by atoms with van der Waals surface area (Å²) in [5.41, 5.74) is 2.26. The third-order valence-electron chi connectivity index (χ3n) is 3.12. The molecular formula is C18H23NO2. The molecular weight excluding hydrogens is 262 g/mol. The lowest BCUT2D eigenvalue weighted by Gasteiger charge is -2.10. The molecule has 3 heteroatoms. The highest BCUT2D eigenvalue weighted by Crippen LogP contribution is 2.16. The van der Waals surface area contributed by atoms with E-state index in [4.69, 9.17) is 4.74 Å². The van der Waals surface area contributed by atoms with Crippen LogP contribution >= 0.6 is 0 Å². The number of aromatic hydroxyl groups is 1. The van der Waals surface area contributed by atoms with Crippen LogP contribution in [0.2, 0.25) is 0 Å². The third kappa shape index (κ3) is 5.48. The summed E-state index contributed by atoms with van der Waals surface area (Å²) in [4.78, 5) is 0. The van der Waals surface area contributed by atoms with Crippen LogP contribution in [-0.4, -0.2) is 11.7 Å². The second kappa shape index (κ2) is 7.70. The number of hydrogen-bond donors (Lipinski definition) is 2. The Balaban J connectivity index is 1.87. The van der Waals surface area contributed by atoms with Crippen molar-refractivity contribution in [1.29, 1.82) is 0 Å². The quantitative estimate of drug-likeness (QED) is 0.814. The van der Waals surface area contributed by atoms with Gasteiger partial charge in [0.05, 0.1) is 0 Å². The Hall–Kier alpha value is -2.00. The fourth-order valence-corrected chi connectivity index (χ4v) is 2.01. The Morgan fingerprint density at radius 1 is 1.05 bits per heavy atom. The van der Waals surface area contributed by atoms with Crippen LogP contribution in [0.5, 0.6) is 11.5 Å². The molecule has 0 aliphatic rings. The lowest BCUT2D eigenvalue weighted by molar-refractivity contribution is 0.305. The molecule has 0 bridgehead atoms. The van der Waals surface area contributed by atoms with Crippen molar-refractivity contribution in [3.8, 4) is 11.5 Å². The van der Waals surface area contributed by atoms with Crippen LogP contribution in [0.3, 0.4) is 0 Å². The maximum absolute atomic E-state index is 9.25. The van der Waals surface area contributed by atoms with E-state index < -0.39 is 0 Å². The minimum atomic E-state index is 0.275. The maximum atomic E-state index is 9.25. The molecule has 0 amide bonds. The van der Waals surface area contributed by atoms with Crippen LogP contribution in [0.15, 0.2) is 48.5 Å². The number of ether oxygens (including phenoxy) is 1. The second-order valence-electron chi connectivity index (χ2n) is 5.63. The van der Waals surface area contributed by atoms with Crippen molar-refractivity contribution in [2.75, 3.05) is 6.54 Å². The molecule has 0 fully saturated rings. The predicted octanol–water partition coefficient (Wildman–Crippen LogP) is 3.72. The molecule has 2 aromatic rings. The summed E-state index contributed by atoms with van der Waals surface area (Å²) in [6, 6.07) is 15.2. The number of phenols is 1. The Labute approximate surface area is 126 Å². The monoisotopic (exact) mass is 285 g/mol. The minimum absolute atomic E-state index is 0.275. The number of phenolic OH excluding ortho intramolecular Hbond substituents is 1. The standard InChI is InChI=1S/C18H23NO2/c1-14(2)11-19-12-16-4-3-5-18(10-16)21-13-15-6-8-17(20)9-7-15/h3-10,14,19-20H,11-13H2,1-2H3. The van der Waals surface area contributed by atoms with Gasteiger partial charge in [-0.1, -0.05) is 38.1 Å². The molecule has 112 valence electrons. The van der Waals surface area contributed by atoms with Gasteiger partial charge >= 0.3 is 0 Å². The van der Waals surface area contributed by atoms with Gasteiger partial charge in [0.2, 0.25) is 0 Å². The van der Waals surface area contributed by atoms with E-state index in [1.807, 2.05) is 24.3 Å². The zero-order valence-corrected chi connectivity index (χ0v) is 12.7. The zero-order chi connectivity index (χ0) is 15.1. The second-order valence-corrected chi connectivity index (χ2v) is 5.63. The fourth-order valence-electron chi connectivity index (χ4n) is 2.01. The topological polar surface area (TPSA) is 41.5 Å². The zero-order valence-electron chi connectivity index (χ0n) is 12.7. The summed E-state index contributed by atoms with van der Waals surface area (Å²) in [6.45, 7) is 6.77. The molecule has 3 nitrogen and oxygen atoms in total. The summed E-state index contributed by atoms with van der Waals surface area (Å²) in [7, 11) is 0. The fraction of sp³-hybridized carbons (Fsp3) is 0.333. The first kappa shape index (κ1) is 15.4. The van der Waals surface area contributed by atoms with E-state index >= 15 is 0 Å². The van der Waals surface area contributed by atoms with Crippen molar-refractivity contribution in [2.45, 2.75) is 27.0 Å². The normalized spacial score (nSPS) is 10.8. The predicted molar refractivity (Wildman–Crippen MR) is 85.4 cm³/mol. The van der Waals surface area contributed by atoms with E-state index in [2.05, 4.69) is 31.3 Å². The lowest BCUT2D eigenvalue weighted by atomic mass is 10.2. The summed E-state index contributed by atoms with van der Waals surface area (Å²) in [6.07, 6.45) is 0. The molecule has 0 spiro atoms. The van der Waals surface area contributed by atoms with E-state index in [0.717, 1.165) is 24.4 Å². The Morgan fingerprint density at radius 3 is 2.52 bits per heavy atom. The summed E-state index contributed by atoms with van der Waals surface area (Å²) < 4.78 is 5.79. The Bertz CT molecular complexity index is 549. The van der Waals surface area contributed by atoms with Gasteiger partial charge in [0.25, 0.3) is 0 Å². The molecule has 0 saturated heterocycles. The van der Waals surface area contributed by atoms with Crippen LogP contribution < -0.4 is 10.1 Å². The molecule has 2 aromatic carbocycles. The Kier molecular flexibility index (Phi) is 5.64. The highest BCUT2D eigenvalue weighted by molar-refractivity contribution is 5.30. The van der Waals surface area contributed by atoms with Crippen LogP contribution in [0.1, 0.15) is 25.0 Å². The van der Waals surface area contributed by atoms with Crippen molar-refractivity contribution < 1.29 is 9.84 Å². The van der Waals surface area contributed by atoms with E-state index in [9.17, 15) is 5.11 Å². The maximum Gasteiger partial charge on any atom is 0.120 e. The third-order valence-corrected chi connectivity index (χ3v) is 3.12. The number of nitrogens with one attached hydrogen (secondary N) is 1. The first-order valence-corrected chi connectivity index (χ1v) is 7.34. The molecule has 0 aliphatic heterocycles. The van der Waals surface area contributed by atoms with Gasteiger partial charge in [-0.2, -0.15) is 0 Å². The van der Waals surface area contributed by atoms with Crippen LogP contribution in [0.4, 0.5) is 0 Å². The average molecular weight is 285 g/mol. The summed E-state index contributed by atoms with van der Waals surface area (Å²) in [5.74, 6) is 1.79. The number of rotatable bonds is 7. The van der Waals surface area contributed by atoms with Crippen molar-refractivity contribution in [1.82, 2.24) is 5.32 Å². The van der Waals surface area contributed by atoms with Gasteiger partial charge in [0.1, 0.15) is 18.1 Å². The van der Waals surface area contributed by atoms with Crippen LogP contribution in [0, 0.1) is 5.92 Å². The van der Waals surface area contributed by atoms with Gasteiger partial charge in [-0.25, -0.2) is 0 Å². The SMILES string of the molecule is CC(C)CNCc1cccc(OCc2ccc(O)cc2)c1. The van der Waals surface area contributed by atoms with Gasteiger partial charge in [0.15, 0.2) is 0 Å². The first-order valence-electron chi connectivity index (χ1n) is 7.34. The van der Waals surface area contributed by atoms with Crippen molar-refractivity contribution in [3.05, 3.63) is 59.7 Å². The van der Waals surface area contributed by atoms with Gasteiger partial charge in [0, 0.05) is 6.54 Å². The average Bonchev–Trinajstić information content (AvgIpc) is 2.47. The van der Waals surface area contributed by atoms with Crippen molar-refractivity contribution >= 4 is 0 Å². The van der Waals surface area contributed by atoms with E-state index in [1.165, 1.54) is 5.56 Å². The largest absolute Gasteiger partial charge is 0.508 e. The highest BCUT2D eigenvalue weighted by Gasteiger charge is 2.00. The van der Waals surface area contributed by atoms with Crippen molar-refractivity contribution in [3.63, 3.8) is 0 Å². The summed E-state index contributed by atoms with van der Waals surface area (Å²) in [5, 5.41) is 12.7. The minimum Gasteiger partial charge on any atom is -0.508 e. The smallest absolute Gasteiger partial charge is 0.120 e. The van der Waals surface area contributed by atoms with Gasteiger partial charge < -0.3 is 15.2 Å². The first-order chi connectivity index (χ1) is 10.1. The molecule has 0 unspecified atom stereocenters. The van der Waals surface area contributed by atoms with Crippen LogP contribution in [0.25, 0.3) is 0 Å². The molecule has 0 aliphatic carbocycles. The molecule has 0 aromatic heterocycles. The molecule has 21 heavy (non-hydrogen) atoms. The van der Waals surface area contributed by atoms with E-state index in [-0.39, 0.29) is 5.75 Å².